The smallest absolute Gasteiger partial charge is 0.388 e. The van der Waals surface area contributed by atoms with Gasteiger partial charge < -0.3 is 4.74 Å². The fourth-order valence-corrected chi connectivity index (χ4v) is 1.67. The number of nitrogens with zero attached hydrogens (tertiary/aromatic N) is 1. The van der Waals surface area contributed by atoms with Crippen LogP contribution in [0.15, 0.2) is 12.1 Å². The number of carbonyl (C=O) groups is 1. The van der Waals surface area contributed by atoms with Crippen LogP contribution in [0, 0.1) is 0 Å². The molecule has 1 aromatic rings. The van der Waals surface area contributed by atoms with E-state index in [2.05, 4.69) is 9.72 Å². The Hall–Kier alpha value is -1.52. The molecule has 0 saturated heterocycles. The SMILES string of the molecule is O=Cc1ccc(C2CCC2)nc1OC(F)F. The lowest BCUT2D eigenvalue weighted by molar-refractivity contribution is -0.0532. The van der Waals surface area contributed by atoms with Gasteiger partial charge in [-0.15, -0.1) is 0 Å². The number of carbonyl (C=O) groups excluding carboxylic acids is 1. The predicted molar refractivity (Wildman–Crippen MR) is 52.8 cm³/mol. The second kappa shape index (κ2) is 4.55. The van der Waals surface area contributed by atoms with E-state index < -0.39 is 6.61 Å². The summed E-state index contributed by atoms with van der Waals surface area (Å²) in [4.78, 5) is 14.6. The molecular formula is C11H11F2NO2. The Bertz CT molecular complexity index is 392. The third-order valence-electron chi connectivity index (χ3n) is 2.76. The number of halogens is 2. The molecule has 1 aromatic heterocycles. The van der Waals surface area contributed by atoms with Crippen molar-refractivity contribution in [1.82, 2.24) is 4.98 Å². The Morgan fingerprint density at radius 3 is 2.69 bits per heavy atom. The zero-order valence-corrected chi connectivity index (χ0v) is 8.53. The maximum atomic E-state index is 12.1. The van der Waals surface area contributed by atoms with Gasteiger partial charge in [-0.1, -0.05) is 6.42 Å². The zero-order valence-electron chi connectivity index (χ0n) is 8.53. The van der Waals surface area contributed by atoms with Crippen molar-refractivity contribution in [2.45, 2.75) is 31.8 Å². The number of hydrogen-bond donors (Lipinski definition) is 0. The average Bonchev–Trinajstić information content (AvgIpc) is 2.14. The van der Waals surface area contributed by atoms with E-state index in [4.69, 9.17) is 0 Å². The van der Waals surface area contributed by atoms with Gasteiger partial charge >= 0.3 is 6.61 Å². The molecule has 16 heavy (non-hydrogen) atoms. The van der Waals surface area contributed by atoms with Gasteiger partial charge in [0, 0.05) is 11.6 Å². The fourth-order valence-electron chi connectivity index (χ4n) is 1.67. The van der Waals surface area contributed by atoms with E-state index in [0.29, 0.717) is 12.2 Å². The van der Waals surface area contributed by atoms with Gasteiger partial charge in [0.25, 0.3) is 0 Å². The Morgan fingerprint density at radius 2 is 2.19 bits per heavy atom. The van der Waals surface area contributed by atoms with Gasteiger partial charge in [-0.3, -0.25) is 4.79 Å². The molecule has 0 spiro atoms. The molecule has 0 N–H and O–H groups in total. The molecule has 1 heterocycles. The normalized spacial score (nSPS) is 15.9. The Morgan fingerprint density at radius 1 is 1.44 bits per heavy atom. The van der Waals surface area contributed by atoms with Crippen LogP contribution in [0.1, 0.15) is 41.2 Å². The van der Waals surface area contributed by atoms with Crippen molar-refractivity contribution in [1.29, 1.82) is 0 Å². The summed E-state index contributed by atoms with van der Waals surface area (Å²) < 4.78 is 28.4. The van der Waals surface area contributed by atoms with Gasteiger partial charge in [-0.25, -0.2) is 4.98 Å². The van der Waals surface area contributed by atoms with Crippen molar-refractivity contribution in [2.75, 3.05) is 0 Å². The highest BCUT2D eigenvalue weighted by molar-refractivity contribution is 5.78. The molecule has 0 bridgehead atoms. The molecule has 1 aliphatic rings. The van der Waals surface area contributed by atoms with E-state index in [-0.39, 0.29) is 11.4 Å². The van der Waals surface area contributed by atoms with Crippen LogP contribution in [-0.2, 0) is 0 Å². The lowest BCUT2D eigenvalue weighted by Crippen LogP contribution is -2.13. The van der Waals surface area contributed by atoms with Gasteiger partial charge in [0.15, 0.2) is 6.29 Å². The quantitative estimate of drug-likeness (QED) is 0.742. The predicted octanol–water partition coefficient (Wildman–Crippen LogP) is 2.76. The topological polar surface area (TPSA) is 39.2 Å². The van der Waals surface area contributed by atoms with Crippen molar-refractivity contribution in [3.63, 3.8) is 0 Å². The molecule has 3 nitrogen and oxygen atoms in total. The summed E-state index contributed by atoms with van der Waals surface area (Å²) in [6, 6.07) is 3.18. The van der Waals surface area contributed by atoms with Crippen molar-refractivity contribution in [3.8, 4) is 5.88 Å². The minimum atomic E-state index is -2.96. The summed E-state index contributed by atoms with van der Waals surface area (Å²) in [5.41, 5.74) is 0.788. The Labute approximate surface area is 91.4 Å². The first-order valence-electron chi connectivity index (χ1n) is 5.11. The zero-order chi connectivity index (χ0) is 11.5. The number of aromatic nitrogens is 1. The third-order valence-corrected chi connectivity index (χ3v) is 2.76. The summed E-state index contributed by atoms with van der Waals surface area (Å²) in [5.74, 6) is 0.0510. The number of aldehydes is 1. The fraction of sp³-hybridized carbons (Fsp3) is 0.455. The maximum absolute atomic E-state index is 12.1. The second-order valence-electron chi connectivity index (χ2n) is 3.75. The van der Waals surface area contributed by atoms with Crippen LogP contribution in [0.4, 0.5) is 8.78 Å². The first-order chi connectivity index (χ1) is 7.70. The van der Waals surface area contributed by atoms with Crippen LogP contribution in [0.25, 0.3) is 0 Å². The largest absolute Gasteiger partial charge is 0.416 e. The summed E-state index contributed by atoms with van der Waals surface area (Å²) >= 11 is 0. The van der Waals surface area contributed by atoms with Crippen LogP contribution in [0.2, 0.25) is 0 Å². The summed E-state index contributed by atoms with van der Waals surface area (Å²) in [7, 11) is 0. The molecular weight excluding hydrogens is 216 g/mol. The van der Waals surface area contributed by atoms with Gasteiger partial charge in [-0.2, -0.15) is 8.78 Å². The van der Waals surface area contributed by atoms with Gasteiger partial charge in [0.1, 0.15) is 0 Å². The molecule has 1 aliphatic carbocycles. The molecule has 1 saturated carbocycles. The molecule has 0 aromatic carbocycles. The van der Waals surface area contributed by atoms with E-state index in [1.54, 1.807) is 6.07 Å². The van der Waals surface area contributed by atoms with Crippen LogP contribution >= 0.6 is 0 Å². The Kier molecular flexibility index (Phi) is 3.12. The molecule has 2 rings (SSSR count). The van der Waals surface area contributed by atoms with Gasteiger partial charge in [0.05, 0.1) is 5.56 Å². The second-order valence-corrected chi connectivity index (χ2v) is 3.75. The maximum Gasteiger partial charge on any atom is 0.388 e. The molecule has 0 amide bonds. The van der Waals surface area contributed by atoms with Crippen LogP contribution in [0.3, 0.4) is 0 Å². The number of hydrogen-bond acceptors (Lipinski definition) is 3. The molecule has 0 radical (unpaired) electrons. The van der Waals surface area contributed by atoms with Crippen LogP contribution < -0.4 is 4.74 Å². The minimum absolute atomic E-state index is 0.0587. The van der Waals surface area contributed by atoms with E-state index in [0.717, 1.165) is 25.0 Å². The first kappa shape index (κ1) is 11.0. The highest BCUT2D eigenvalue weighted by Gasteiger charge is 2.22. The lowest BCUT2D eigenvalue weighted by Gasteiger charge is -2.25. The average molecular weight is 227 g/mol. The van der Waals surface area contributed by atoms with Crippen molar-refractivity contribution in [3.05, 3.63) is 23.4 Å². The molecule has 0 unspecified atom stereocenters. The lowest BCUT2D eigenvalue weighted by atomic mass is 9.82. The molecule has 1 fully saturated rings. The summed E-state index contributed by atoms with van der Waals surface area (Å²) in [6.07, 6.45) is 3.63. The van der Waals surface area contributed by atoms with E-state index >= 15 is 0 Å². The van der Waals surface area contributed by atoms with Crippen molar-refractivity contribution in [2.24, 2.45) is 0 Å². The number of pyridine rings is 1. The summed E-state index contributed by atoms with van der Waals surface area (Å²) in [6.45, 7) is -2.96. The van der Waals surface area contributed by atoms with E-state index in [9.17, 15) is 13.6 Å². The highest BCUT2D eigenvalue weighted by atomic mass is 19.3. The molecule has 0 atom stereocenters. The van der Waals surface area contributed by atoms with Crippen molar-refractivity contribution >= 4 is 6.29 Å². The monoisotopic (exact) mass is 227 g/mol. The molecule has 0 aliphatic heterocycles. The van der Waals surface area contributed by atoms with E-state index in [1.165, 1.54) is 6.07 Å². The first-order valence-corrected chi connectivity index (χ1v) is 5.11. The van der Waals surface area contributed by atoms with Crippen LogP contribution in [0.5, 0.6) is 5.88 Å². The van der Waals surface area contributed by atoms with E-state index in [1.807, 2.05) is 0 Å². The van der Waals surface area contributed by atoms with Crippen LogP contribution in [-0.4, -0.2) is 17.9 Å². The standard InChI is InChI=1S/C11H11F2NO2/c12-11(13)16-10-8(6-15)4-5-9(14-10)7-2-1-3-7/h4-7,11H,1-3H2. The van der Waals surface area contributed by atoms with Gasteiger partial charge in [0.2, 0.25) is 5.88 Å². The number of ether oxygens (including phenoxy) is 1. The van der Waals surface area contributed by atoms with Gasteiger partial charge in [-0.05, 0) is 25.0 Å². The highest BCUT2D eigenvalue weighted by Crippen LogP contribution is 2.36. The molecule has 5 heteroatoms. The third kappa shape index (κ3) is 2.18. The number of rotatable bonds is 4. The van der Waals surface area contributed by atoms with Crippen molar-refractivity contribution < 1.29 is 18.3 Å². The number of alkyl halides is 2. The minimum Gasteiger partial charge on any atom is -0.416 e. The summed E-state index contributed by atoms with van der Waals surface area (Å²) in [5, 5.41) is 0. The Balaban J connectivity index is 2.26. The molecule has 86 valence electrons.